The number of unbranched alkanes of at least 4 members (excludes halogenated alkanes) is 5. The van der Waals surface area contributed by atoms with E-state index in [4.69, 9.17) is 4.74 Å². The van der Waals surface area contributed by atoms with Gasteiger partial charge in [-0.25, -0.2) is 4.79 Å². The third kappa shape index (κ3) is 12.0. The van der Waals surface area contributed by atoms with Crippen LogP contribution in [-0.4, -0.2) is 46.5 Å². The van der Waals surface area contributed by atoms with Gasteiger partial charge in [-0.2, -0.15) is 0 Å². The Bertz CT molecular complexity index is 899. The van der Waals surface area contributed by atoms with Crippen molar-refractivity contribution < 1.29 is 19.1 Å². The van der Waals surface area contributed by atoms with E-state index in [9.17, 15) is 14.4 Å². The Hall–Kier alpha value is -2.57. The first kappa shape index (κ1) is 32.5. The van der Waals surface area contributed by atoms with E-state index in [1.54, 1.807) is 32.6 Å². The molecule has 1 aromatic rings. The van der Waals surface area contributed by atoms with Crippen LogP contribution < -0.4 is 10.6 Å². The van der Waals surface area contributed by atoms with Crippen molar-refractivity contribution in [3.8, 4) is 0 Å². The predicted octanol–water partition coefficient (Wildman–Crippen LogP) is 6.36. The highest BCUT2D eigenvalue weighted by Crippen LogP contribution is 2.28. The third-order valence-corrected chi connectivity index (χ3v) is 5.92. The molecule has 0 spiro atoms. The Balaban J connectivity index is 3.36. The second-order valence-corrected chi connectivity index (χ2v) is 12.2. The molecule has 7 nitrogen and oxygen atoms in total. The molecule has 2 N–H and O–H groups in total. The molecule has 1 rings (SSSR count). The van der Waals surface area contributed by atoms with Crippen LogP contribution in [0.25, 0.3) is 0 Å². The minimum absolute atomic E-state index is 0.233. The Morgan fingerprint density at radius 3 is 2.08 bits per heavy atom. The molecule has 0 radical (unpaired) electrons. The monoisotopic (exact) mass is 517 g/mol. The van der Waals surface area contributed by atoms with Gasteiger partial charge in [-0.15, -0.1) is 0 Å². The van der Waals surface area contributed by atoms with Gasteiger partial charge < -0.3 is 20.3 Å². The summed E-state index contributed by atoms with van der Waals surface area (Å²) in [6.07, 6.45) is 5.70. The van der Waals surface area contributed by atoms with Gasteiger partial charge in [0.15, 0.2) is 0 Å². The standard InChI is InChI=1S/C30H51N3O4/c1-11-12-13-14-15-16-19-33(27(35)23(4)31-28(36)37-30(8,9)10)25(26(34)32-29(5,6)7)24-18-17-21(2)20-22(24)3/h17-18,20,23,25H,11-16,19H2,1-10H3,(H,31,36)(H,32,34). The van der Waals surface area contributed by atoms with Gasteiger partial charge in [0.05, 0.1) is 0 Å². The lowest BCUT2D eigenvalue weighted by Crippen LogP contribution is -2.54. The van der Waals surface area contributed by atoms with Crippen molar-refractivity contribution in [3.63, 3.8) is 0 Å². The largest absolute Gasteiger partial charge is 0.444 e. The lowest BCUT2D eigenvalue weighted by atomic mass is 9.95. The fraction of sp³-hybridized carbons (Fsp3) is 0.700. The predicted molar refractivity (Wildman–Crippen MR) is 150 cm³/mol. The molecule has 0 aliphatic carbocycles. The minimum atomic E-state index is -0.856. The van der Waals surface area contributed by atoms with E-state index in [0.29, 0.717) is 6.54 Å². The molecule has 2 atom stereocenters. The summed E-state index contributed by atoms with van der Waals surface area (Å²) in [4.78, 5) is 41.6. The first-order valence-corrected chi connectivity index (χ1v) is 13.7. The molecule has 0 aliphatic heterocycles. The molecule has 37 heavy (non-hydrogen) atoms. The van der Waals surface area contributed by atoms with E-state index < -0.39 is 29.3 Å². The summed E-state index contributed by atoms with van der Waals surface area (Å²) in [5.41, 5.74) is 1.67. The minimum Gasteiger partial charge on any atom is -0.444 e. The van der Waals surface area contributed by atoms with Crippen molar-refractivity contribution in [2.45, 2.75) is 131 Å². The molecular formula is C30H51N3O4. The molecule has 210 valence electrons. The first-order chi connectivity index (χ1) is 17.1. The van der Waals surface area contributed by atoms with Crippen molar-refractivity contribution in [2.75, 3.05) is 6.54 Å². The second-order valence-electron chi connectivity index (χ2n) is 12.2. The van der Waals surface area contributed by atoms with Crippen LogP contribution in [0.4, 0.5) is 4.79 Å². The van der Waals surface area contributed by atoms with Crippen LogP contribution in [0.5, 0.6) is 0 Å². The SMILES string of the molecule is CCCCCCCCN(C(=O)C(C)NC(=O)OC(C)(C)C)C(C(=O)NC(C)(C)C)c1ccc(C)cc1C. The molecule has 0 heterocycles. The molecule has 0 saturated heterocycles. The number of aryl methyl sites for hydroxylation is 2. The average Bonchev–Trinajstić information content (AvgIpc) is 2.73. The Morgan fingerprint density at radius 2 is 1.54 bits per heavy atom. The number of rotatable bonds is 12. The Labute approximate surface area is 225 Å². The molecule has 7 heteroatoms. The van der Waals surface area contributed by atoms with Crippen molar-refractivity contribution in [1.29, 1.82) is 0 Å². The molecule has 0 aliphatic rings. The van der Waals surface area contributed by atoms with Crippen LogP contribution in [0.3, 0.4) is 0 Å². The zero-order valence-corrected chi connectivity index (χ0v) is 24.9. The van der Waals surface area contributed by atoms with Gasteiger partial charge in [-0.05, 0) is 79.9 Å². The topological polar surface area (TPSA) is 87.7 Å². The molecule has 0 saturated carbocycles. The number of nitrogens with one attached hydrogen (secondary N) is 2. The van der Waals surface area contributed by atoms with E-state index in [0.717, 1.165) is 42.4 Å². The molecule has 3 amide bonds. The zero-order valence-electron chi connectivity index (χ0n) is 24.9. The van der Waals surface area contributed by atoms with Gasteiger partial charge in [-0.3, -0.25) is 9.59 Å². The Kier molecular flexibility index (Phi) is 12.6. The van der Waals surface area contributed by atoms with Gasteiger partial charge >= 0.3 is 6.09 Å². The molecule has 1 aromatic carbocycles. The van der Waals surface area contributed by atoms with Crippen molar-refractivity contribution in [1.82, 2.24) is 15.5 Å². The number of amides is 3. The number of benzene rings is 1. The first-order valence-electron chi connectivity index (χ1n) is 13.7. The van der Waals surface area contributed by atoms with Crippen molar-refractivity contribution in [2.24, 2.45) is 0 Å². The van der Waals surface area contributed by atoms with E-state index >= 15 is 0 Å². The number of hydrogen-bond acceptors (Lipinski definition) is 4. The number of nitrogens with zero attached hydrogens (tertiary/aromatic N) is 1. The zero-order chi connectivity index (χ0) is 28.4. The highest BCUT2D eigenvalue weighted by Gasteiger charge is 2.36. The fourth-order valence-electron chi connectivity index (χ4n) is 4.24. The number of alkyl carbamates (subject to hydrolysis) is 1. The van der Waals surface area contributed by atoms with Crippen LogP contribution in [0.1, 0.15) is 117 Å². The maximum absolute atomic E-state index is 13.8. The van der Waals surface area contributed by atoms with E-state index in [2.05, 4.69) is 17.6 Å². The fourth-order valence-corrected chi connectivity index (χ4v) is 4.24. The maximum atomic E-state index is 13.8. The van der Waals surface area contributed by atoms with E-state index in [-0.39, 0.29) is 11.8 Å². The number of carbonyl (C=O) groups excluding carboxylic acids is 3. The molecular weight excluding hydrogens is 466 g/mol. The van der Waals surface area contributed by atoms with Crippen LogP contribution in [0.15, 0.2) is 18.2 Å². The van der Waals surface area contributed by atoms with Crippen LogP contribution in [0, 0.1) is 13.8 Å². The van der Waals surface area contributed by atoms with E-state index in [1.807, 2.05) is 52.8 Å². The van der Waals surface area contributed by atoms with Gasteiger partial charge in [0.2, 0.25) is 11.8 Å². The highest BCUT2D eigenvalue weighted by atomic mass is 16.6. The van der Waals surface area contributed by atoms with Crippen LogP contribution in [-0.2, 0) is 14.3 Å². The average molecular weight is 518 g/mol. The number of carbonyl (C=O) groups is 3. The summed E-state index contributed by atoms with van der Waals surface area (Å²) in [5, 5.41) is 5.75. The molecule has 0 fully saturated rings. The maximum Gasteiger partial charge on any atom is 0.408 e. The second kappa shape index (κ2) is 14.4. The van der Waals surface area contributed by atoms with Crippen molar-refractivity contribution >= 4 is 17.9 Å². The van der Waals surface area contributed by atoms with Crippen LogP contribution in [0.2, 0.25) is 0 Å². The lowest BCUT2D eigenvalue weighted by molar-refractivity contribution is -0.142. The van der Waals surface area contributed by atoms with Crippen molar-refractivity contribution in [3.05, 3.63) is 34.9 Å². The Morgan fingerprint density at radius 1 is 0.946 bits per heavy atom. The molecule has 2 unspecified atom stereocenters. The number of ether oxygens (including phenoxy) is 1. The van der Waals surface area contributed by atoms with Gasteiger partial charge in [0.25, 0.3) is 0 Å². The van der Waals surface area contributed by atoms with E-state index in [1.165, 1.54) is 12.8 Å². The number of hydrogen-bond donors (Lipinski definition) is 2. The summed E-state index contributed by atoms with van der Waals surface area (Å²) < 4.78 is 5.36. The summed E-state index contributed by atoms with van der Waals surface area (Å²) in [7, 11) is 0. The smallest absolute Gasteiger partial charge is 0.408 e. The summed E-state index contributed by atoms with van der Waals surface area (Å²) in [6.45, 7) is 19.3. The van der Waals surface area contributed by atoms with Gasteiger partial charge in [0.1, 0.15) is 17.7 Å². The highest BCUT2D eigenvalue weighted by molar-refractivity contribution is 5.92. The summed E-state index contributed by atoms with van der Waals surface area (Å²) >= 11 is 0. The summed E-state index contributed by atoms with van der Waals surface area (Å²) in [6, 6.07) is 4.26. The van der Waals surface area contributed by atoms with Gasteiger partial charge in [0, 0.05) is 12.1 Å². The molecule has 0 bridgehead atoms. The third-order valence-electron chi connectivity index (χ3n) is 5.92. The van der Waals surface area contributed by atoms with Crippen LogP contribution >= 0.6 is 0 Å². The quantitative estimate of drug-likeness (QED) is 0.316. The van der Waals surface area contributed by atoms with Gasteiger partial charge in [-0.1, -0.05) is 62.8 Å². The normalized spacial score (nSPS) is 13.5. The molecule has 0 aromatic heterocycles. The lowest BCUT2D eigenvalue weighted by Gasteiger charge is -2.36. The summed E-state index contributed by atoms with van der Waals surface area (Å²) in [5.74, 6) is -0.545.